The number of aliphatic carboxylic acids is 1. The van der Waals surface area contributed by atoms with Crippen molar-refractivity contribution >= 4 is 11.9 Å². The third kappa shape index (κ3) is 7.15. The van der Waals surface area contributed by atoms with Crippen LogP contribution in [0.2, 0.25) is 0 Å². The van der Waals surface area contributed by atoms with Gasteiger partial charge in [0.25, 0.3) is 0 Å². The molecule has 7 heteroatoms. The number of carbonyl (C=O) groups is 2. The van der Waals surface area contributed by atoms with Crippen LogP contribution in [0.1, 0.15) is 72.6 Å². The van der Waals surface area contributed by atoms with Gasteiger partial charge < -0.3 is 25.2 Å². The van der Waals surface area contributed by atoms with Crippen LogP contribution in [0.4, 0.5) is 0 Å². The van der Waals surface area contributed by atoms with Gasteiger partial charge in [-0.25, -0.2) is 0 Å². The Morgan fingerprint density at radius 1 is 1.25 bits per heavy atom. The highest BCUT2D eigenvalue weighted by atomic mass is 16.5. The zero-order valence-electron chi connectivity index (χ0n) is 19.7. The Hall–Kier alpha value is -1.70. The number of rotatable bonds is 11. The van der Waals surface area contributed by atoms with Crippen LogP contribution >= 0.6 is 0 Å². The van der Waals surface area contributed by atoms with Crippen LogP contribution in [0.15, 0.2) is 23.8 Å². The van der Waals surface area contributed by atoms with Crippen LogP contribution in [-0.4, -0.2) is 56.8 Å². The zero-order chi connectivity index (χ0) is 24.1. The van der Waals surface area contributed by atoms with Gasteiger partial charge in [0.15, 0.2) is 0 Å². The molecule has 0 aromatic rings. The number of hydrogen-bond donors (Lipinski definition) is 4. The van der Waals surface area contributed by atoms with Crippen molar-refractivity contribution in [2.75, 3.05) is 0 Å². The van der Waals surface area contributed by atoms with Gasteiger partial charge in [0.05, 0.1) is 30.1 Å². The molecule has 0 aliphatic heterocycles. The molecule has 2 aliphatic rings. The second-order valence-electron chi connectivity index (χ2n) is 10.2. The van der Waals surface area contributed by atoms with Crippen LogP contribution < -0.4 is 0 Å². The van der Waals surface area contributed by atoms with Crippen molar-refractivity contribution in [2.45, 2.75) is 97.1 Å². The SMILES string of the molecule is CCCC(C)(C)C(=O)O[C@H]1C[C@H](O)C=C2C=C[C@H](C)[C@H](CCC(O)C[C@@H](O)CC(=O)O)[C@H]21. The lowest BCUT2D eigenvalue weighted by molar-refractivity contribution is -0.165. The minimum Gasteiger partial charge on any atom is -0.481 e. The van der Waals surface area contributed by atoms with Gasteiger partial charge in [-0.3, -0.25) is 9.59 Å². The lowest BCUT2D eigenvalue weighted by atomic mass is 9.66. The molecule has 0 radical (unpaired) electrons. The normalized spacial score (nSPS) is 29.6. The van der Waals surface area contributed by atoms with E-state index in [1.807, 2.05) is 32.9 Å². The first kappa shape index (κ1) is 26.6. The lowest BCUT2D eigenvalue weighted by Gasteiger charge is -2.43. The van der Waals surface area contributed by atoms with Gasteiger partial charge in [0.2, 0.25) is 0 Å². The molecule has 0 spiro atoms. The molecule has 0 bridgehead atoms. The van der Waals surface area contributed by atoms with Gasteiger partial charge in [-0.2, -0.15) is 0 Å². The fraction of sp³-hybridized carbons (Fsp3) is 0.760. The number of ether oxygens (including phenoxy) is 1. The number of aliphatic hydroxyl groups excluding tert-OH is 3. The van der Waals surface area contributed by atoms with Crippen LogP contribution in [0.25, 0.3) is 0 Å². The molecule has 2 aliphatic carbocycles. The Kier molecular flexibility index (Phi) is 9.49. The van der Waals surface area contributed by atoms with Crippen molar-refractivity contribution in [3.63, 3.8) is 0 Å². The highest BCUT2D eigenvalue weighted by Crippen LogP contribution is 2.44. The highest BCUT2D eigenvalue weighted by Gasteiger charge is 2.43. The Morgan fingerprint density at radius 2 is 1.94 bits per heavy atom. The first-order valence-corrected chi connectivity index (χ1v) is 11.8. The van der Waals surface area contributed by atoms with Gasteiger partial charge in [0, 0.05) is 12.3 Å². The largest absolute Gasteiger partial charge is 0.481 e. The molecule has 182 valence electrons. The minimum atomic E-state index is -1.10. The van der Waals surface area contributed by atoms with E-state index in [1.165, 1.54) is 0 Å². The molecule has 7 nitrogen and oxygen atoms in total. The Labute approximate surface area is 191 Å². The minimum absolute atomic E-state index is 0.0128. The number of fused-ring (bicyclic) bond motifs is 1. The quantitative estimate of drug-likeness (QED) is 0.355. The van der Waals surface area contributed by atoms with Gasteiger partial charge in [-0.05, 0) is 56.9 Å². The van der Waals surface area contributed by atoms with Crippen molar-refractivity contribution in [1.82, 2.24) is 0 Å². The van der Waals surface area contributed by atoms with Crippen LogP contribution in [0.3, 0.4) is 0 Å². The molecular weight excluding hydrogens is 412 g/mol. The van der Waals surface area contributed by atoms with Gasteiger partial charge >= 0.3 is 11.9 Å². The van der Waals surface area contributed by atoms with E-state index in [4.69, 9.17) is 9.84 Å². The van der Waals surface area contributed by atoms with Crippen molar-refractivity contribution in [1.29, 1.82) is 0 Å². The number of aliphatic hydroxyl groups is 3. The number of esters is 1. The fourth-order valence-corrected chi connectivity index (χ4v) is 5.11. The van der Waals surface area contributed by atoms with E-state index >= 15 is 0 Å². The van der Waals surface area contributed by atoms with Crippen molar-refractivity contribution < 1.29 is 34.8 Å². The molecule has 7 atom stereocenters. The van der Waals surface area contributed by atoms with E-state index in [-0.39, 0.29) is 30.1 Å². The Bertz CT molecular complexity index is 711. The molecule has 0 saturated heterocycles. The summed E-state index contributed by atoms with van der Waals surface area (Å²) in [4.78, 5) is 23.7. The number of hydrogen-bond acceptors (Lipinski definition) is 6. The topological polar surface area (TPSA) is 124 Å². The maximum absolute atomic E-state index is 12.9. The summed E-state index contributed by atoms with van der Waals surface area (Å²) < 4.78 is 6.00. The number of carboxylic acid groups (broad SMARTS) is 1. The van der Waals surface area contributed by atoms with Crippen molar-refractivity contribution in [2.24, 2.45) is 23.2 Å². The Morgan fingerprint density at radius 3 is 2.56 bits per heavy atom. The third-order valence-electron chi connectivity index (χ3n) is 6.85. The van der Waals surface area contributed by atoms with Crippen molar-refractivity contribution in [3.8, 4) is 0 Å². The number of carbonyl (C=O) groups excluding carboxylic acids is 1. The summed E-state index contributed by atoms with van der Waals surface area (Å²) in [7, 11) is 0. The van der Waals surface area contributed by atoms with E-state index in [1.54, 1.807) is 0 Å². The molecule has 0 fully saturated rings. The lowest BCUT2D eigenvalue weighted by Crippen LogP contribution is -2.44. The Balaban J connectivity index is 2.12. The summed E-state index contributed by atoms with van der Waals surface area (Å²) in [5.74, 6) is -1.14. The third-order valence-corrected chi connectivity index (χ3v) is 6.85. The van der Waals surface area contributed by atoms with Gasteiger partial charge in [-0.15, -0.1) is 0 Å². The number of allylic oxidation sites excluding steroid dienone is 2. The molecule has 1 unspecified atom stereocenters. The summed E-state index contributed by atoms with van der Waals surface area (Å²) in [5, 5.41) is 39.3. The first-order chi connectivity index (χ1) is 14.9. The van der Waals surface area contributed by atoms with E-state index in [2.05, 4.69) is 13.0 Å². The van der Waals surface area contributed by atoms with Crippen LogP contribution in [0.5, 0.6) is 0 Å². The van der Waals surface area contributed by atoms with E-state index in [9.17, 15) is 24.9 Å². The summed E-state index contributed by atoms with van der Waals surface area (Å²) >= 11 is 0. The fourth-order valence-electron chi connectivity index (χ4n) is 5.11. The van der Waals surface area contributed by atoms with Gasteiger partial charge in [0.1, 0.15) is 6.10 Å². The summed E-state index contributed by atoms with van der Waals surface area (Å²) in [6.45, 7) is 7.89. The highest BCUT2D eigenvalue weighted by molar-refractivity contribution is 5.76. The molecule has 0 aromatic heterocycles. The number of carboxylic acids is 1. The van der Waals surface area contributed by atoms with Crippen LogP contribution in [-0.2, 0) is 14.3 Å². The second kappa shape index (κ2) is 11.4. The summed E-state index contributed by atoms with van der Waals surface area (Å²) in [6, 6.07) is 0. The first-order valence-electron chi connectivity index (χ1n) is 11.8. The summed E-state index contributed by atoms with van der Waals surface area (Å²) in [6.07, 6.45) is 5.50. The molecule has 32 heavy (non-hydrogen) atoms. The summed E-state index contributed by atoms with van der Waals surface area (Å²) in [5.41, 5.74) is 0.363. The predicted octanol–water partition coefficient (Wildman–Crippen LogP) is 3.22. The zero-order valence-corrected chi connectivity index (χ0v) is 19.7. The molecule has 0 saturated carbocycles. The molecule has 0 aromatic carbocycles. The van der Waals surface area contributed by atoms with Crippen LogP contribution in [0, 0.1) is 23.2 Å². The van der Waals surface area contributed by atoms with Crippen molar-refractivity contribution in [3.05, 3.63) is 23.8 Å². The van der Waals surface area contributed by atoms with Gasteiger partial charge in [-0.1, -0.05) is 38.5 Å². The standard InChI is InChI=1S/C25H40O7/c1-5-10-25(3,4)24(31)32-21-13-18(27)11-16-7-6-15(2)20(23(16)21)9-8-17(26)12-19(28)14-22(29)30/h6-7,11,15,17-21,23,26-28H,5,8-10,12-14H2,1-4H3,(H,29,30)/t15-,17?,18+,19+,20-,21-,23-/m0/s1. The molecule has 0 heterocycles. The maximum atomic E-state index is 12.9. The second-order valence-corrected chi connectivity index (χ2v) is 10.2. The molecule has 2 rings (SSSR count). The van der Waals surface area contributed by atoms with E-state index in [0.717, 1.165) is 18.4 Å². The van der Waals surface area contributed by atoms with E-state index in [0.29, 0.717) is 19.3 Å². The average molecular weight is 453 g/mol. The smallest absolute Gasteiger partial charge is 0.311 e. The monoisotopic (exact) mass is 452 g/mol. The molecule has 4 N–H and O–H groups in total. The predicted molar refractivity (Wildman–Crippen MR) is 121 cm³/mol. The average Bonchev–Trinajstić information content (AvgIpc) is 2.66. The molecule has 0 amide bonds. The maximum Gasteiger partial charge on any atom is 0.311 e. The molecular formula is C25H40O7. The van der Waals surface area contributed by atoms with E-state index < -0.39 is 42.2 Å².